The Bertz CT molecular complexity index is 929. The topological polar surface area (TPSA) is 101 Å². The van der Waals surface area contributed by atoms with Crippen LogP contribution in [0.25, 0.3) is 6.08 Å². The second kappa shape index (κ2) is 8.07. The molecular formula is C19H19NO5S. The molecule has 0 aliphatic carbocycles. The standard InChI is InChI=1S/C19H19NO5S/c1-13-3-5-15(6-4-13)7-12-18(21)16-8-10-17(11-9-16)26(24,25)20-14(2)19(22)23/h3-12,14,20H,1-2H3,(H,22,23)/b12-7+. The van der Waals surface area contributed by atoms with Crippen LogP contribution in [0.4, 0.5) is 0 Å². The maximum Gasteiger partial charge on any atom is 0.321 e. The van der Waals surface area contributed by atoms with Gasteiger partial charge in [0.05, 0.1) is 4.90 Å². The van der Waals surface area contributed by atoms with Crippen molar-refractivity contribution in [3.8, 4) is 0 Å². The number of hydrogen-bond donors (Lipinski definition) is 2. The number of carboxylic acids is 1. The zero-order valence-electron chi connectivity index (χ0n) is 14.3. The van der Waals surface area contributed by atoms with Crippen LogP contribution < -0.4 is 4.72 Å². The van der Waals surface area contributed by atoms with E-state index in [1.807, 2.05) is 35.9 Å². The summed E-state index contributed by atoms with van der Waals surface area (Å²) >= 11 is 0. The fraction of sp³-hybridized carbons (Fsp3) is 0.158. The van der Waals surface area contributed by atoms with E-state index in [9.17, 15) is 18.0 Å². The Kier molecular flexibility index (Phi) is 6.07. The Morgan fingerprint density at radius 2 is 1.62 bits per heavy atom. The smallest absolute Gasteiger partial charge is 0.321 e. The van der Waals surface area contributed by atoms with E-state index in [4.69, 9.17) is 5.11 Å². The molecule has 0 amide bonds. The van der Waals surface area contributed by atoms with Gasteiger partial charge in [-0.1, -0.05) is 35.9 Å². The SMILES string of the molecule is Cc1ccc(/C=C/C(=O)c2ccc(S(=O)(=O)NC(C)C(=O)O)cc2)cc1. The van der Waals surface area contributed by atoms with Gasteiger partial charge >= 0.3 is 5.97 Å². The molecule has 0 saturated carbocycles. The average Bonchev–Trinajstić information content (AvgIpc) is 2.60. The molecule has 2 N–H and O–H groups in total. The third-order valence-corrected chi connectivity index (χ3v) is 5.21. The lowest BCUT2D eigenvalue weighted by atomic mass is 10.1. The molecule has 0 aromatic heterocycles. The van der Waals surface area contributed by atoms with Crippen molar-refractivity contribution in [3.63, 3.8) is 0 Å². The van der Waals surface area contributed by atoms with Crippen molar-refractivity contribution in [2.75, 3.05) is 0 Å². The number of carboxylic acid groups (broad SMARTS) is 1. The summed E-state index contributed by atoms with van der Waals surface area (Å²) in [5.74, 6) is -1.54. The van der Waals surface area contributed by atoms with Crippen LogP contribution in [-0.2, 0) is 14.8 Å². The van der Waals surface area contributed by atoms with Gasteiger partial charge in [0, 0.05) is 5.56 Å². The van der Waals surface area contributed by atoms with Crippen molar-refractivity contribution < 1.29 is 23.1 Å². The maximum atomic E-state index is 12.2. The number of rotatable bonds is 7. The second-order valence-electron chi connectivity index (χ2n) is 5.81. The average molecular weight is 373 g/mol. The molecule has 26 heavy (non-hydrogen) atoms. The molecule has 7 heteroatoms. The Hall–Kier alpha value is -2.77. The van der Waals surface area contributed by atoms with E-state index in [1.54, 1.807) is 6.08 Å². The maximum absolute atomic E-state index is 12.2. The highest BCUT2D eigenvalue weighted by Gasteiger charge is 2.21. The molecule has 136 valence electrons. The van der Waals surface area contributed by atoms with Crippen LogP contribution in [0.5, 0.6) is 0 Å². The van der Waals surface area contributed by atoms with Crippen molar-refractivity contribution in [2.45, 2.75) is 24.8 Å². The molecule has 0 radical (unpaired) electrons. The number of hydrogen-bond acceptors (Lipinski definition) is 4. The molecule has 6 nitrogen and oxygen atoms in total. The van der Waals surface area contributed by atoms with Gasteiger partial charge < -0.3 is 5.11 Å². The Balaban J connectivity index is 2.12. The van der Waals surface area contributed by atoms with Crippen LogP contribution in [0.1, 0.15) is 28.4 Å². The molecule has 2 aromatic rings. The predicted molar refractivity (Wildman–Crippen MR) is 98.4 cm³/mol. The first kappa shape index (κ1) is 19.6. The van der Waals surface area contributed by atoms with Gasteiger partial charge in [0.2, 0.25) is 10.0 Å². The first-order valence-corrected chi connectivity index (χ1v) is 9.31. The van der Waals surface area contributed by atoms with Gasteiger partial charge in [-0.05, 0) is 49.8 Å². The molecule has 0 aliphatic rings. The Morgan fingerprint density at radius 1 is 1.04 bits per heavy atom. The van der Waals surface area contributed by atoms with Gasteiger partial charge in [-0.15, -0.1) is 0 Å². The van der Waals surface area contributed by atoms with E-state index in [0.717, 1.165) is 11.1 Å². The summed E-state index contributed by atoms with van der Waals surface area (Å²) in [5.41, 5.74) is 2.34. The van der Waals surface area contributed by atoms with E-state index in [1.165, 1.54) is 37.3 Å². The molecule has 1 atom stereocenters. The first-order chi connectivity index (χ1) is 12.2. The summed E-state index contributed by atoms with van der Waals surface area (Å²) < 4.78 is 26.2. The highest BCUT2D eigenvalue weighted by atomic mass is 32.2. The van der Waals surface area contributed by atoms with Crippen LogP contribution in [0, 0.1) is 6.92 Å². The van der Waals surface area contributed by atoms with E-state index in [0.29, 0.717) is 5.56 Å². The minimum absolute atomic E-state index is 0.107. The number of allylic oxidation sites excluding steroid dienone is 1. The lowest BCUT2D eigenvalue weighted by Gasteiger charge is -2.10. The quantitative estimate of drug-likeness (QED) is 0.574. The Labute approximate surface area is 152 Å². The van der Waals surface area contributed by atoms with Crippen molar-refractivity contribution in [3.05, 3.63) is 71.3 Å². The molecule has 0 saturated heterocycles. The normalized spacial score (nSPS) is 12.8. The minimum Gasteiger partial charge on any atom is -0.480 e. The fourth-order valence-corrected chi connectivity index (χ4v) is 3.29. The van der Waals surface area contributed by atoms with Gasteiger partial charge in [-0.3, -0.25) is 9.59 Å². The minimum atomic E-state index is -3.97. The van der Waals surface area contributed by atoms with Crippen molar-refractivity contribution in [1.82, 2.24) is 4.72 Å². The highest BCUT2D eigenvalue weighted by Crippen LogP contribution is 2.13. The molecule has 0 fully saturated rings. The second-order valence-corrected chi connectivity index (χ2v) is 7.53. The third-order valence-electron chi connectivity index (χ3n) is 3.66. The van der Waals surface area contributed by atoms with Gasteiger partial charge in [-0.25, -0.2) is 8.42 Å². The summed E-state index contributed by atoms with van der Waals surface area (Å²) in [7, 11) is -3.97. The number of aliphatic carboxylic acids is 1. The van der Waals surface area contributed by atoms with E-state index < -0.39 is 22.0 Å². The van der Waals surface area contributed by atoms with Crippen LogP contribution in [0.2, 0.25) is 0 Å². The van der Waals surface area contributed by atoms with Crippen LogP contribution in [0.15, 0.2) is 59.5 Å². The molecule has 0 bridgehead atoms. The lowest BCUT2D eigenvalue weighted by molar-refractivity contribution is -0.138. The summed E-state index contributed by atoms with van der Waals surface area (Å²) in [6.45, 7) is 3.20. The lowest BCUT2D eigenvalue weighted by Crippen LogP contribution is -2.38. The van der Waals surface area contributed by atoms with Crippen molar-refractivity contribution >= 4 is 27.9 Å². The van der Waals surface area contributed by atoms with Gasteiger partial charge in [0.1, 0.15) is 6.04 Å². The van der Waals surface area contributed by atoms with Gasteiger partial charge in [0.25, 0.3) is 0 Å². The van der Waals surface area contributed by atoms with Crippen molar-refractivity contribution in [1.29, 1.82) is 0 Å². The van der Waals surface area contributed by atoms with Crippen LogP contribution in [-0.4, -0.2) is 31.3 Å². The number of aryl methyl sites for hydroxylation is 1. The molecule has 2 rings (SSSR count). The van der Waals surface area contributed by atoms with Crippen LogP contribution >= 0.6 is 0 Å². The van der Waals surface area contributed by atoms with Gasteiger partial charge in [0.15, 0.2) is 5.78 Å². The number of benzene rings is 2. The fourth-order valence-electron chi connectivity index (χ4n) is 2.10. The van der Waals surface area contributed by atoms with E-state index in [2.05, 4.69) is 0 Å². The number of carbonyl (C=O) groups is 2. The molecule has 1 unspecified atom stereocenters. The first-order valence-electron chi connectivity index (χ1n) is 7.83. The third kappa shape index (κ3) is 5.11. The number of sulfonamides is 1. The summed E-state index contributed by atoms with van der Waals surface area (Å²) in [6.07, 6.45) is 3.10. The largest absolute Gasteiger partial charge is 0.480 e. The number of carbonyl (C=O) groups excluding carboxylic acids is 1. The molecular weight excluding hydrogens is 354 g/mol. The molecule has 2 aromatic carbocycles. The Morgan fingerprint density at radius 3 is 2.15 bits per heavy atom. The summed E-state index contributed by atoms with van der Waals surface area (Å²) in [6, 6.07) is 11.7. The monoisotopic (exact) mass is 373 g/mol. The molecule has 0 heterocycles. The number of ketones is 1. The van der Waals surface area contributed by atoms with Crippen molar-refractivity contribution in [2.24, 2.45) is 0 Å². The number of nitrogens with one attached hydrogen (secondary N) is 1. The van der Waals surface area contributed by atoms with E-state index >= 15 is 0 Å². The highest BCUT2D eigenvalue weighted by molar-refractivity contribution is 7.89. The zero-order chi connectivity index (χ0) is 19.3. The summed E-state index contributed by atoms with van der Waals surface area (Å²) in [4.78, 5) is 22.9. The van der Waals surface area contributed by atoms with Crippen LogP contribution in [0.3, 0.4) is 0 Å². The van der Waals surface area contributed by atoms with E-state index in [-0.39, 0.29) is 10.7 Å². The molecule has 0 spiro atoms. The predicted octanol–water partition coefficient (Wildman–Crippen LogP) is 2.64. The molecule has 0 aliphatic heterocycles. The summed E-state index contributed by atoms with van der Waals surface area (Å²) in [5, 5.41) is 8.80. The van der Waals surface area contributed by atoms with Gasteiger partial charge in [-0.2, -0.15) is 4.72 Å². The zero-order valence-corrected chi connectivity index (χ0v) is 15.2.